The fourth-order valence-corrected chi connectivity index (χ4v) is 4.87. The zero-order chi connectivity index (χ0) is 19.2. The summed E-state index contributed by atoms with van der Waals surface area (Å²) in [5.74, 6) is -0.243. The molecule has 26 heavy (non-hydrogen) atoms. The van der Waals surface area contributed by atoms with E-state index in [1.54, 1.807) is 32.8 Å². The third-order valence-corrected chi connectivity index (χ3v) is 7.14. The highest BCUT2D eigenvalue weighted by atomic mass is 35.5. The third-order valence-electron chi connectivity index (χ3n) is 4.69. The zero-order valence-electron chi connectivity index (χ0n) is 15.1. The molecule has 142 valence electrons. The van der Waals surface area contributed by atoms with Gasteiger partial charge in [0.05, 0.1) is 22.6 Å². The molecule has 3 heterocycles. The molecule has 11 heteroatoms. The highest BCUT2D eigenvalue weighted by Gasteiger charge is 2.33. The first kappa shape index (κ1) is 18.9. The molecule has 1 aliphatic heterocycles. The van der Waals surface area contributed by atoms with Crippen molar-refractivity contribution in [2.45, 2.75) is 18.7 Å². The number of amides is 1. The van der Waals surface area contributed by atoms with Crippen molar-refractivity contribution in [2.24, 2.45) is 14.1 Å². The van der Waals surface area contributed by atoms with Crippen LogP contribution in [0.2, 0.25) is 5.02 Å². The largest absolute Gasteiger partial charge is 0.335 e. The SMILES string of the molecule is Cc1nn(C)c(C(=O)N2CCN(S(=O)(=O)c3cnn(C)c3C)CC2)c1Cl. The Labute approximate surface area is 157 Å². The van der Waals surface area contributed by atoms with E-state index in [4.69, 9.17) is 11.6 Å². The Hall–Kier alpha value is -1.91. The molecule has 0 bridgehead atoms. The monoisotopic (exact) mass is 400 g/mol. The standard InChI is InChI=1S/C15H21ClN6O3S/c1-10-13(16)14(20(4)18-10)15(23)21-5-7-22(8-6-21)26(24,25)12-9-17-19(3)11(12)2/h9H,5-8H2,1-4H3. The summed E-state index contributed by atoms with van der Waals surface area (Å²) in [6.07, 6.45) is 1.36. The molecule has 3 rings (SSSR count). The van der Waals surface area contributed by atoms with Gasteiger partial charge < -0.3 is 4.90 Å². The van der Waals surface area contributed by atoms with Crippen molar-refractivity contribution < 1.29 is 13.2 Å². The molecule has 0 saturated carbocycles. The van der Waals surface area contributed by atoms with E-state index in [9.17, 15) is 13.2 Å². The fraction of sp³-hybridized carbons (Fsp3) is 0.533. The number of carbonyl (C=O) groups is 1. The first-order valence-corrected chi connectivity index (χ1v) is 9.93. The van der Waals surface area contributed by atoms with Gasteiger partial charge in [-0.2, -0.15) is 14.5 Å². The van der Waals surface area contributed by atoms with Crippen LogP contribution in [0.25, 0.3) is 0 Å². The van der Waals surface area contributed by atoms with Gasteiger partial charge in [0.25, 0.3) is 5.91 Å². The molecule has 1 saturated heterocycles. The van der Waals surface area contributed by atoms with Crippen molar-refractivity contribution in [2.75, 3.05) is 26.2 Å². The predicted octanol–water partition coefficient (Wildman–Crippen LogP) is 0.571. The Bertz CT molecular complexity index is 956. The van der Waals surface area contributed by atoms with Gasteiger partial charge in [-0.05, 0) is 13.8 Å². The molecule has 1 fully saturated rings. The van der Waals surface area contributed by atoms with Crippen molar-refractivity contribution in [3.05, 3.63) is 28.3 Å². The van der Waals surface area contributed by atoms with E-state index in [2.05, 4.69) is 10.2 Å². The van der Waals surface area contributed by atoms with Crippen LogP contribution in [-0.2, 0) is 24.1 Å². The van der Waals surface area contributed by atoms with E-state index >= 15 is 0 Å². The van der Waals surface area contributed by atoms with Crippen LogP contribution in [-0.4, -0.2) is 69.3 Å². The molecular weight excluding hydrogens is 380 g/mol. The van der Waals surface area contributed by atoms with Gasteiger partial charge in [-0.15, -0.1) is 0 Å². The average molecular weight is 401 g/mol. The van der Waals surface area contributed by atoms with Gasteiger partial charge in [0.2, 0.25) is 10.0 Å². The van der Waals surface area contributed by atoms with Gasteiger partial charge in [-0.3, -0.25) is 14.2 Å². The lowest BCUT2D eigenvalue weighted by Crippen LogP contribution is -2.50. The Morgan fingerprint density at radius 1 is 1.12 bits per heavy atom. The number of aromatic nitrogens is 4. The molecule has 0 unspecified atom stereocenters. The summed E-state index contributed by atoms with van der Waals surface area (Å²) < 4.78 is 30.0. The molecular formula is C15H21ClN6O3S. The second kappa shape index (κ2) is 6.67. The van der Waals surface area contributed by atoms with E-state index in [1.807, 2.05) is 0 Å². The number of hydrogen-bond donors (Lipinski definition) is 0. The van der Waals surface area contributed by atoms with E-state index in [0.29, 0.717) is 22.1 Å². The number of rotatable bonds is 3. The molecule has 0 aromatic carbocycles. The third kappa shape index (κ3) is 3.01. The summed E-state index contributed by atoms with van der Waals surface area (Å²) in [5.41, 5.74) is 1.50. The number of halogens is 1. The van der Waals surface area contributed by atoms with Crippen molar-refractivity contribution in [3.63, 3.8) is 0 Å². The van der Waals surface area contributed by atoms with Crippen LogP contribution in [0.15, 0.2) is 11.1 Å². The first-order chi connectivity index (χ1) is 12.1. The lowest BCUT2D eigenvalue weighted by atomic mass is 10.3. The summed E-state index contributed by atoms with van der Waals surface area (Å²) in [5, 5.41) is 8.49. The van der Waals surface area contributed by atoms with E-state index < -0.39 is 10.0 Å². The second-order valence-corrected chi connectivity index (χ2v) is 8.57. The van der Waals surface area contributed by atoms with Crippen molar-refractivity contribution >= 4 is 27.5 Å². The maximum Gasteiger partial charge on any atom is 0.273 e. The predicted molar refractivity (Wildman–Crippen MR) is 95.6 cm³/mol. The van der Waals surface area contributed by atoms with E-state index in [0.717, 1.165) is 0 Å². The maximum absolute atomic E-state index is 12.8. The Morgan fingerprint density at radius 2 is 1.73 bits per heavy atom. The molecule has 1 aliphatic rings. The minimum absolute atomic E-state index is 0.199. The van der Waals surface area contributed by atoms with Gasteiger partial charge in [-0.1, -0.05) is 11.6 Å². The molecule has 2 aromatic heterocycles. The second-order valence-electron chi connectivity index (χ2n) is 6.29. The van der Waals surface area contributed by atoms with E-state index in [-0.39, 0.29) is 37.0 Å². The van der Waals surface area contributed by atoms with Gasteiger partial charge >= 0.3 is 0 Å². The number of aryl methyl sites for hydroxylation is 3. The number of hydrogen-bond acceptors (Lipinski definition) is 5. The van der Waals surface area contributed by atoms with Crippen LogP contribution >= 0.6 is 11.6 Å². The number of nitrogens with zero attached hydrogens (tertiary/aromatic N) is 6. The van der Waals surface area contributed by atoms with Crippen LogP contribution < -0.4 is 0 Å². The molecule has 0 N–H and O–H groups in total. The highest BCUT2D eigenvalue weighted by molar-refractivity contribution is 7.89. The minimum Gasteiger partial charge on any atom is -0.335 e. The average Bonchev–Trinajstić information content (AvgIpc) is 3.06. The van der Waals surface area contributed by atoms with Crippen molar-refractivity contribution in [1.29, 1.82) is 0 Å². The number of piperazine rings is 1. The molecule has 1 amide bonds. The van der Waals surface area contributed by atoms with Crippen LogP contribution in [0.1, 0.15) is 21.9 Å². The Kier molecular flexibility index (Phi) is 4.84. The van der Waals surface area contributed by atoms with Gasteiger partial charge in [0.15, 0.2) is 0 Å². The quantitative estimate of drug-likeness (QED) is 0.750. The number of carbonyl (C=O) groups excluding carboxylic acids is 1. The topological polar surface area (TPSA) is 93.3 Å². The Balaban J connectivity index is 1.75. The first-order valence-electron chi connectivity index (χ1n) is 8.11. The lowest BCUT2D eigenvalue weighted by Gasteiger charge is -2.33. The smallest absolute Gasteiger partial charge is 0.273 e. The van der Waals surface area contributed by atoms with E-state index in [1.165, 1.54) is 19.9 Å². The van der Waals surface area contributed by atoms with Crippen LogP contribution in [0.5, 0.6) is 0 Å². The van der Waals surface area contributed by atoms with Gasteiger partial charge in [-0.25, -0.2) is 8.42 Å². The van der Waals surface area contributed by atoms with Gasteiger partial charge in [0, 0.05) is 40.3 Å². The summed E-state index contributed by atoms with van der Waals surface area (Å²) in [6, 6.07) is 0. The van der Waals surface area contributed by atoms with Crippen LogP contribution in [0.4, 0.5) is 0 Å². The maximum atomic E-state index is 12.8. The zero-order valence-corrected chi connectivity index (χ0v) is 16.7. The van der Waals surface area contributed by atoms with Crippen LogP contribution in [0, 0.1) is 13.8 Å². The Morgan fingerprint density at radius 3 is 2.19 bits per heavy atom. The lowest BCUT2D eigenvalue weighted by molar-refractivity contribution is 0.0687. The summed E-state index contributed by atoms with van der Waals surface area (Å²) in [7, 11) is -0.266. The van der Waals surface area contributed by atoms with Crippen LogP contribution in [0.3, 0.4) is 0 Å². The highest BCUT2D eigenvalue weighted by Crippen LogP contribution is 2.24. The van der Waals surface area contributed by atoms with Gasteiger partial charge in [0.1, 0.15) is 10.6 Å². The molecule has 0 radical (unpaired) electrons. The van der Waals surface area contributed by atoms with Crippen molar-refractivity contribution in [3.8, 4) is 0 Å². The molecule has 0 aliphatic carbocycles. The van der Waals surface area contributed by atoms with Crippen molar-refractivity contribution in [1.82, 2.24) is 28.8 Å². The summed E-state index contributed by atoms with van der Waals surface area (Å²) in [4.78, 5) is 14.5. The molecule has 9 nitrogen and oxygen atoms in total. The molecule has 2 aromatic rings. The minimum atomic E-state index is -3.63. The fourth-order valence-electron chi connectivity index (χ4n) is 3.02. The summed E-state index contributed by atoms with van der Waals surface area (Å²) >= 11 is 6.18. The molecule has 0 atom stereocenters. The molecule has 0 spiro atoms. The number of sulfonamides is 1. The normalized spacial score (nSPS) is 16.3. The summed E-state index contributed by atoms with van der Waals surface area (Å²) in [6.45, 7) is 4.47.